The van der Waals surface area contributed by atoms with Gasteiger partial charge in [0.05, 0.1) is 0 Å². The SMILES string of the molecule is C#CCC(C)N1CCNC(CC)C1. The highest BCUT2D eigenvalue weighted by Gasteiger charge is 2.20. The van der Waals surface area contributed by atoms with Crippen LogP contribution in [-0.4, -0.2) is 36.6 Å². The van der Waals surface area contributed by atoms with E-state index in [9.17, 15) is 0 Å². The van der Waals surface area contributed by atoms with Crippen LogP contribution >= 0.6 is 0 Å². The molecule has 2 nitrogen and oxygen atoms in total. The standard InChI is InChI=1S/C11H20N2/c1-4-6-10(3)13-8-7-12-11(5-2)9-13/h1,10-12H,5-9H2,2-3H3. The molecular weight excluding hydrogens is 160 g/mol. The van der Waals surface area contributed by atoms with E-state index in [1.165, 1.54) is 6.42 Å². The number of nitrogens with one attached hydrogen (secondary N) is 1. The average Bonchev–Trinajstić information content (AvgIpc) is 2.18. The molecule has 2 unspecified atom stereocenters. The topological polar surface area (TPSA) is 15.3 Å². The third-order valence-electron chi connectivity index (χ3n) is 2.82. The molecule has 0 bridgehead atoms. The van der Waals surface area contributed by atoms with Gasteiger partial charge in [-0.1, -0.05) is 6.92 Å². The Morgan fingerprint density at radius 3 is 3.08 bits per heavy atom. The van der Waals surface area contributed by atoms with E-state index in [0.717, 1.165) is 26.1 Å². The van der Waals surface area contributed by atoms with Gasteiger partial charge < -0.3 is 5.32 Å². The van der Waals surface area contributed by atoms with Gasteiger partial charge >= 0.3 is 0 Å². The molecule has 0 aromatic heterocycles. The molecule has 0 aromatic carbocycles. The van der Waals surface area contributed by atoms with Gasteiger partial charge in [-0.15, -0.1) is 12.3 Å². The molecule has 1 N–H and O–H groups in total. The molecule has 1 heterocycles. The lowest BCUT2D eigenvalue weighted by Crippen LogP contribution is -2.53. The molecular formula is C11H20N2. The minimum Gasteiger partial charge on any atom is -0.311 e. The van der Waals surface area contributed by atoms with Gasteiger partial charge in [0.2, 0.25) is 0 Å². The van der Waals surface area contributed by atoms with Crippen LogP contribution in [0.4, 0.5) is 0 Å². The molecule has 0 aliphatic carbocycles. The Morgan fingerprint density at radius 1 is 1.69 bits per heavy atom. The van der Waals surface area contributed by atoms with E-state index in [-0.39, 0.29) is 0 Å². The van der Waals surface area contributed by atoms with Gasteiger partial charge in [-0.05, 0) is 13.3 Å². The smallest absolute Gasteiger partial charge is 0.0240 e. The zero-order valence-corrected chi connectivity index (χ0v) is 8.71. The number of rotatable bonds is 3. The van der Waals surface area contributed by atoms with Gasteiger partial charge in [-0.25, -0.2) is 0 Å². The molecule has 0 radical (unpaired) electrons. The minimum absolute atomic E-state index is 0.543. The summed E-state index contributed by atoms with van der Waals surface area (Å²) in [5, 5.41) is 3.50. The van der Waals surface area contributed by atoms with Crippen LogP contribution < -0.4 is 5.32 Å². The molecule has 1 aliphatic heterocycles. The van der Waals surface area contributed by atoms with Crippen LogP contribution in [0.3, 0.4) is 0 Å². The Bertz CT molecular complexity index is 183. The number of terminal acetylenes is 1. The van der Waals surface area contributed by atoms with Crippen molar-refractivity contribution in [2.75, 3.05) is 19.6 Å². The van der Waals surface area contributed by atoms with Crippen LogP contribution in [0.1, 0.15) is 26.7 Å². The highest BCUT2D eigenvalue weighted by molar-refractivity contribution is 4.91. The van der Waals surface area contributed by atoms with Crippen LogP contribution in [0.2, 0.25) is 0 Å². The lowest BCUT2D eigenvalue weighted by Gasteiger charge is -2.36. The molecule has 2 atom stereocenters. The van der Waals surface area contributed by atoms with Crippen molar-refractivity contribution in [1.29, 1.82) is 0 Å². The van der Waals surface area contributed by atoms with Crippen molar-refractivity contribution in [2.24, 2.45) is 0 Å². The zero-order valence-electron chi connectivity index (χ0n) is 8.71. The van der Waals surface area contributed by atoms with Crippen LogP contribution in [0.25, 0.3) is 0 Å². The molecule has 1 fully saturated rings. The summed E-state index contributed by atoms with van der Waals surface area (Å²) >= 11 is 0. The van der Waals surface area contributed by atoms with Crippen LogP contribution in [0.5, 0.6) is 0 Å². The van der Waals surface area contributed by atoms with Crippen molar-refractivity contribution in [3.63, 3.8) is 0 Å². The fraction of sp³-hybridized carbons (Fsp3) is 0.818. The van der Waals surface area contributed by atoms with E-state index in [1.807, 2.05) is 0 Å². The van der Waals surface area contributed by atoms with E-state index in [1.54, 1.807) is 0 Å². The van der Waals surface area contributed by atoms with Gasteiger partial charge in [0.15, 0.2) is 0 Å². The van der Waals surface area contributed by atoms with Crippen LogP contribution in [0, 0.1) is 12.3 Å². The molecule has 1 rings (SSSR count). The maximum Gasteiger partial charge on any atom is 0.0240 e. The lowest BCUT2D eigenvalue weighted by atomic mass is 10.1. The second-order valence-electron chi connectivity index (χ2n) is 3.81. The fourth-order valence-corrected chi connectivity index (χ4v) is 1.82. The predicted molar refractivity (Wildman–Crippen MR) is 56.6 cm³/mol. The lowest BCUT2D eigenvalue weighted by molar-refractivity contribution is 0.153. The molecule has 1 saturated heterocycles. The number of nitrogens with zero attached hydrogens (tertiary/aromatic N) is 1. The van der Waals surface area contributed by atoms with Crippen LogP contribution in [0.15, 0.2) is 0 Å². The molecule has 0 spiro atoms. The second-order valence-corrected chi connectivity index (χ2v) is 3.81. The van der Waals surface area contributed by atoms with Crippen molar-refractivity contribution in [1.82, 2.24) is 10.2 Å². The van der Waals surface area contributed by atoms with Crippen molar-refractivity contribution >= 4 is 0 Å². The Balaban J connectivity index is 2.37. The number of hydrogen-bond acceptors (Lipinski definition) is 2. The number of piperazine rings is 1. The van der Waals surface area contributed by atoms with Crippen molar-refractivity contribution in [3.05, 3.63) is 0 Å². The summed E-state index contributed by atoms with van der Waals surface area (Å²) in [6, 6.07) is 1.20. The van der Waals surface area contributed by atoms with E-state index in [2.05, 4.69) is 30.0 Å². The summed E-state index contributed by atoms with van der Waals surface area (Å²) in [6.07, 6.45) is 7.39. The minimum atomic E-state index is 0.543. The van der Waals surface area contributed by atoms with E-state index in [4.69, 9.17) is 6.42 Å². The summed E-state index contributed by atoms with van der Waals surface area (Å²) < 4.78 is 0. The molecule has 0 aromatic rings. The normalized spacial score (nSPS) is 26.7. The molecule has 0 amide bonds. The first-order valence-corrected chi connectivity index (χ1v) is 5.18. The quantitative estimate of drug-likeness (QED) is 0.654. The Labute approximate surface area is 81.7 Å². The predicted octanol–water partition coefficient (Wildman–Crippen LogP) is 1.08. The molecule has 1 aliphatic rings. The largest absolute Gasteiger partial charge is 0.311 e. The highest BCUT2D eigenvalue weighted by Crippen LogP contribution is 2.08. The van der Waals surface area contributed by atoms with Gasteiger partial charge in [-0.2, -0.15) is 0 Å². The maximum absolute atomic E-state index is 5.31. The first kappa shape index (κ1) is 10.6. The molecule has 0 saturated carbocycles. The molecule has 2 heteroatoms. The second kappa shape index (κ2) is 5.26. The van der Waals surface area contributed by atoms with Crippen LogP contribution in [-0.2, 0) is 0 Å². The first-order valence-electron chi connectivity index (χ1n) is 5.18. The van der Waals surface area contributed by atoms with E-state index < -0.39 is 0 Å². The van der Waals surface area contributed by atoms with Gasteiger partial charge in [0.1, 0.15) is 0 Å². The highest BCUT2D eigenvalue weighted by atomic mass is 15.2. The average molecular weight is 180 g/mol. The van der Waals surface area contributed by atoms with Gasteiger partial charge in [0, 0.05) is 38.1 Å². The van der Waals surface area contributed by atoms with E-state index in [0.29, 0.717) is 12.1 Å². The Kier molecular flexibility index (Phi) is 4.27. The Hall–Kier alpha value is -0.520. The zero-order chi connectivity index (χ0) is 9.68. The first-order chi connectivity index (χ1) is 6.27. The van der Waals surface area contributed by atoms with Gasteiger partial charge in [-0.3, -0.25) is 4.90 Å². The summed E-state index contributed by atoms with van der Waals surface area (Å²) in [5.74, 6) is 2.74. The third-order valence-corrected chi connectivity index (χ3v) is 2.82. The fourth-order valence-electron chi connectivity index (χ4n) is 1.82. The summed E-state index contributed by atoms with van der Waals surface area (Å²) in [7, 11) is 0. The molecule has 13 heavy (non-hydrogen) atoms. The third kappa shape index (κ3) is 3.02. The van der Waals surface area contributed by atoms with Gasteiger partial charge in [0.25, 0.3) is 0 Å². The molecule has 74 valence electrons. The Morgan fingerprint density at radius 2 is 2.46 bits per heavy atom. The summed E-state index contributed by atoms with van der Waals surface area (Å²) in [6.45, 7) is 7.84. The van der Waals surface area contributed by atoms with Crippen molar-refractivity contribution in [2.45, 2.75) is 38.8 Å². The number of hydrogen-bond donors (Lipinski definition) is 1. The van der Waals surface area contributed by atoms with Crippen molar-refractivity contribution in [3.8, 4) is 12.3 Å². The monoisotopic (exact) mass is 180 g/mol. The maximum atomic E-state index is 5.31. The summed E-state index contributed by atoms with van der Waals surface area (Å²) in [4.78, 5) is 2.49. The van der Waals surface area contributed by atoms with E-state index >= 15 is 0 Å². The van der Waals surface area contributed by atoms with Crippen molar-refractivity contribution < 1.29 is 0 Å². The summed E-state index contributed by atoms with van der Waals surface area (Å²) in [5.41, 5.74) is 0.